The normalized spacial score (nSPS) is 30.0. The second-order valence-electron chi connectivity index (χ2n) is 4.73. The highest BCUT2D eigenvalue weighted by Gasteiger charge is 2.79. The van der Waals surface area contributed by atoms with Crippen LogP contribution in [0.1, 0.15) is 0 Å². The summed E-state index contributed by atoms with van der Waals surface area (Å²) in [7, 11) is 7.38. The Labute approximate surface area is 125 Å². The van der Waals surface area contributed by atoms with Gasteiger partial charge in [0, 0.05) is 28.2 Å². The molecule has 4 rings (SSSR count). The lowest BCUT2D eigenvalue weighted by Gasteiger charge is -2.83. The molecular formula is C4H20N18. The molecular weight excluding hydrogens is 300 g/mol. The third-order valence-corrected chi connectivity index (χ3v) is 3.59. The third kappa shape index (κ3) is 1.61. The van der Waals surface area contributed by atoms with E-state index in [1.165, 1.54) is 5.23 Å². The van der Waals surface area contributed by atoms with Gasteiger partial charge in [0.1, 0.15) is 0 Å². The molecule has 4 aliphatic heterocycles. The van der Waals surface area contributed by atoms with Crippen molar-refractivity contribution in [2.45, 2.75) is 0 Å². The van der Waals surface area contributed by atoms with Crippen molar-refractivity contribution in [2.24, 2.45) is 11.7 Å². The largest absolute Gasteiger partial charge is 0.257 e. The minimum atomic E-state index is 1.37. The Hall–Kier alpha value is -0.720. The first kappa shape index (κ1) is 14.8. The molecule has 4 fully saturated rings. The van der Waals surface area contributed by atoms with Crippen molar-refractivity contribution in [1.29, 1.82) is 0 Å². The molecule has 0 atom stereocenters. The summed E-state index contributed by atoms with van der Waals surface area (Å²) < 4.78 is 0. The van der Waals surface area contributed by atoms with Gasteiger partial charge >= 0.3 is 0 Å². The molecule has 4 heterocycles. The van der Waals surface area contributed by atoms with E-state index in [1.54, 1.807) is 40.0 Å². The number of hydrazine groups is 21. The van der Waals surface area contributed by atoms with E-state index in [0.717, 1.165) is 0 Å². The molecule has 22 heavy (non-hydrogen) atoms. The quantitative estimate of drug-likeness (QED) is 0.204. The lowest BCUT2D eigenvalue weighted by atomic mass is 11.1. The molecule has 0 amide bonds. The summed E-state index contributed by atoms with van der Waals surface area (Å²) in [5.41, 5.74) is 10.8. The Balaban J connectivity index is 1.31. The molecule has 4 saturated heterocycles. The fourth-order valence-corrected chi connectivity index (χ4v) is 2.21. The molecule has 0 bridgehead atoms. The van der Waals surface area contributed by atoms with Crippen LogP contribution in [0.3, 0.4) is 0 Å². The summed E-state index contributed by atoms with van der Waals surface area (Å²) in [5.74, 6) is 11.1. The van der Waals surface area contributed by atoms with Gasteiger partial charge in [-0.3, -0.25) is 5.84 Å². The van der Waals surface area contributed by atoms with E-state index in [9.17, 15) is 0 Å². The molecule has 0 spiro atoms. The summed E-state index contributed by atoms with van der Waals surface area (Å²) in [4.78, 5) is 0. The molecule has 0 aromatic carbocycles. The number of rotatable bonds is 6. The SMILES string of the molecule is CN(NNN)N(C)NNN1N(N)N2N1N1N3N(C)N(C)N3N21. The maximum atomic E-state index is 5.94. The number of nitrogens with two attached hydrogens (primary N) is 2. The predicted molar refractivity (Wildman–Crippen MR) is 66.7 cm³/mol. The first-order valence-corrected chi connectivity index (χ1v) is 6.31. The molecule has 0 saturated carbocycles. The first-order valence-electron chi connectivity index (χ1n) is 6.31. The highest BCUT2D eigenvalue weighted by molar-refractivity contribution is 4.68. The highest BCUT2D eigenvalue weighted by Crippen LogP contribution is 2.49. The summed E-state index contributed by atoms with van der Waals surface area (Å²) in [6.07, 6.45) is 0. The van der Waals surface area contributed by atoms with Gasteiger partial charge in [-0.15, -0.1) is 15.8 Å². The van der Waals surface area contributed by atoms with Gasteiger partial charge in [0.05, 0.1) is 0 Å². The molecule has 0 unspecified atom stereocenters. The van der Waals surface area contributed by atoms with Gasteiger partial charge in [-0.25, -0.2) is 5.84 Å². The molecule has 0 aliphatic carbocycles. The summed E-state index contributed by atoms with van der Waals surface area (Å²) in [6, 6.07) is 0. The molecule has 18 heteroatoms. The van der Waals surface area contributed by atoms with E-state index < -0.39 is 0 Å². The second kappa shape index (κ2) is 4.89. The fourth-order valence-electron chi connectivity index (χ4n) is 2.21. The van der Waals surface area contributed by atoms with E-state index in [-0.39, 0.29) is 0 Å². The van der Waals surface area contributed by atoms with Crippen molar-refractivity contribution < 1.29 is 0 Å². The zero-order valence-corrected chi connectivity index (χ0v) is 12.5. The number of nitrogens with one attached hydrogen (secondary N) is 4. The van der Waals surface area contributed by atoms with Crippen LogP contribution in [0.25, 0.3) is 0 Å². The van der Waals surface area contributed by atoms with Crippen molar-refractivity contribution in [3.05, 3.63) is 0 Å². The second-order valence-corrected chi connectivity index (χ2v) is 4.73. The van der Waals surface area contributed by atoms with E-state index in [4.69, 9.17) is 11.7 Å². The van der Waals surface area contributed by atoms with Crippen LogP contribution in [0.2, 0.25) is 0 Å². The minimum absolute atomic E-state index is 1.37. The van der Waals surface area contributed by atoms with Crippen LogP contribution in [-0.2, 0) is 0 Å². The molecule has 18 nitrogen and oxygen atoms in total. The van der Waals surface area contributed by atoms with Gasteiger partial charge in [-0.1, -0.05) is 0 Å². The number of hydrogen-bond acceptors (Lipinski definition) is 18. The van der Waals surface area contributed by atoms with E-state index in [2.05, 4.69) is 22.1 Å². The Bertz CT molecular complexity index is 441. The van der Waals surface area contributed by atoms with Crippen LogP contribution >= 0.6 is 0 Å². The number of hydrogen-bond donors (Lipinski definition) is 6. The lowest BCUT2D eigenvalue weighted by molar-refractivity contribution is -0.950. The Kier molecular flexibility index (Phi) is 3.30. The zero-order valence-electron chi connectivity index (χ0n) is 12.5. The van der Waals surface area contributed by atoms with Crippen molar-refractivity contribution in [3.8, 4) is 0 Å². The standard InChI is InChI=1S/C4H20N18/c1-11(8-7-5)12(2)9-10-16-15(6)19-20(16)22-18-14(4)13(3)17(18)21(19)22/h7-10H,5-6H2,1-4H3. The number of nitrogens with zero attached hydrogens (tertiary/aromatic N) is 12. The predicted octanol–water partition coefficient (Wildman–Crippen LogP) is -6.33. The minimum Gasteiger partial charge on any atom is -0.257 e. The van der Waals surface area contributed by atoms with Gasteiger partial charge in [0.25, 0.3) is 0 Å². The fraction of sp³-hybridized carbons (Fsp3) is 1.00. The molecule has 0 radical (unpaired) electrons. The van der Waals surface area contributed by atoms with Crippen molar-refractivity contribution in [2.75, 3.05) is 28.2 Å². The van der Waals surface area contributed by atoms with Crippen LogP contribution in [-0.4, -0.2) is 90.5 Å². The summed E-state index contributed by atoms with van der Waals surface area (Å²) >= 11 is 0. The monoisotopic (exact) mass is 320 g/mol. The topological polar surface area (TPSA) is 139 Å². The van der Waals surface area contributed by atoms with Gasteiger partial charge in [0.15, 0.2) is 0 Å². The average Bonchev–Trinajstić information content (AvgIpc) is 2.48. The van der Waals surface area contributed by atoms with Gasteiger partial charge in [-0.05, 0) is 41.8 Å². The number of fused-ring (bicyclic) bond motifs is 7. The maximum Gasteiger partial charge on any atom is 0.0224 e. The molecule has 8 N–H and O–H groups in total. The third-order valence-electron chi connectivity index (χ3n) is 3.59. The van der Waals surface area contributed by atoms with Crippen molar-refractivity contribution >= 4 is 0 Å². The van der Waals surface area contributed by atoms with E-state index in [1.807, 2.05) is 45.2 Å². The lowest BCUT2D eigenvalue weighted by Crippen LogP contribution is -3.14. The van der Waals surface area contributed by atoms with Crippen LogP contribution < -0.4 is 33.8 Å². The highest BCUT2D eigenvalue weighted by atomic mass is 16.8. The van der Waals surface area contributed by atoms with Gasteiger partial charge < -0.3 is 0 Å². The Morgan fingerprint density at radius 1 is 0.773 bits per heavy atom. The van der Waals surface area contributed by atoms with Crippen molar-refractivity contribution in [3.63, 3.8) is 0 Å². The smallest absolute Gasteiger partial charge is 0.0224 e. The van der Waals surface area contributed by atoms with E-state index >= 15 is 0 Å². The maximum absolute atomic E-state index is 5.94. The first-order chi connectivity index (χ1) is 10.5. The Morgan fingerprint density at radius 3 is 1.91 bits per heavy atom. The van der Waals surface area contributed by atoms with Crippen LogP contribution in [0.4, 0.5) is 0 Å². The van der Waals surface area contributed by atoms with Crippen molar-refractivity contribution in [1.82, 2.24) is 84.4 Å². The zero-order chi connectivity index (χ0) is 15.8. The molecule has 0 aromatic heterocycles. The van der Waals surface area contributed by atoms with E-state index in [0.29, 0.717) is 0 Å². The summed E-state index contributed by atoms with van der Waals surface area (Å²) in [6.45, 7) is 0. The molecule has 4 aliphatic rings. The Morgan fingerprint density at radius 2 is 1.32 bits per heavy atom. The molecule has 0 aromatic rings. The molecule has 126 valence electrons. The van der Waals surface area contributed by atoms with Crippen LogP contribution in [0, 0.1) is 0 Å². The average molecular weight is 320 g/mol. The summed E-state index contributed by atoms with van der Waals surface area (Å²) in [5, 5.41) is 20.7. The van der Waals surface area contributed by atoms with Crippen LogP contribution in [0.15, 0.2) is 0 Å². The van der Waals surface area contributed by atoms with Gasteiger partial charge in [-0.2, -0.15) is 26.8 Å². The van der Waals surface area contributed by atoms with Crippen LogP contribution in [0.5, 0.6) is 0 Å². The van der Waals surface area contributed by atoms with Gasteiger partial charge in [0.2, 0.25) is 0 Å².